The van der Waals surface area contributed by atoms with Gasteiger partial charge in [0.25, 0.3) is 10.1 Å². The molecule has 1 aliphatic rings. The smallest absolute Gasteiger partial charge is 0.415 e. The highest BCUT2D eigenvalue weighted by atomic mass is 32.2. The zero-order chi connectivity index (χ0) is 21.2. The topological polar surface area (TPSA) is 96.0 Å². The highest BCUT2D eigenvalue weighted by Crippen LogP contribution is 2.33. The van der Waals surface area contributed by atoms with Gasteiger partial charge in [-0.25, -0.2) is 0 Å². The van der Waals surface area contributed by atoms with Crippen LogP contribution in [-0.4, -0.2) is 55.6 Å². The Hall–Kier alpha value is -1.97. The van der Waals surface area contributed by atoms with Gasteiger partial charge in [0.2, 0.25) is 0 Å². The molecule has 0 aliphatic carbocycles. The van der Waals surface area contributed by atoms with E-state index in [0.717, 1.165) is 11.8 Å². The van der Waals surface area contributed by atoms with E-state index in [9.17, 15) is 18.0 Å². The fraction of sp³-hybridized carbons (Fsp3) is 0.579. The number of quaternary nitrogens is 1. The zero-order valence-corrected chi connectivity index (χ0v) is 17.7. The van der Waals surface area contributed by atoms with Gasteiger partial charge in [-0.05, 0) is 33.3 Å². The van der Waals surface area contributed by atoms with Crippen molar-refractivity contribution in [3.05, 3.63) is 35.9 Å². The summed E-state index contributed by atoms with van der Waals surface area (Å²) in [6.45, 7) is 6.59. The molecule has 0 bridgehead atoms. The predicted molar refractivity (Wildman–Crippen MR) is 102 cm³/mol. The highest BCUT2D eigenvalue weighted by molar-refractivity contribution is 7.86. The van der Waals surface area contributed by atoms with E-state index in [1.54, 1.807) is 39.8 Å². The Morgan fingerprint density at radius 2 is 1.75 bits per heavy atom. The molecule has 2 unspecified atom stereocenters. The average molecular weight is 415 g/mol. The summed E-state index contributed by atoms with van der Waals surface area (Å²) in [5, 5.41) is 0. The quantitative estimate of drug-likeness (QED) is 0.551. The SMILES string of the molecule is CC1C[C@H](OS(C)(=O)=O)C[N+]1(C(=O)OCc1ccccc1)C(=O)OC(C)(C)C. The Kier molecular flexibility index (Phi) is 6.52. The summed E-state index contributed by atoms with van der Waals surface area (Å²) in [6, 6.07) is 8.51. The first-order chi connectivity index (χ1) is 12.8. The second-order valence-electron chi connectivity index (χ2n) is 8.08. The van der Waals surface area contributed by atoms with Gasteiger partial charge < -0.3 is 9.47 Å². The van der Waals surface area contributed by atoms with Crippen molar-refractivity contribution in [2.75, 3.05) is 12.8 Å². The first-order valence-electron chi connectivity index (χ1n) is 9.04. The summed E-state index contributed by atoms with van der Waals surface area (Å²) < 4.78 is 38.2. The van der Waals surface area contributed by atoms with Crippen molar-refractivity contribution in [3.63, 3.8) is 0 Å². The zero-order valence-electron chi connectivity index (χ0n) is 16.9. The van der Waals surface area contributed by atoms with Gasteiger partial charge in [0.1, 0.15) is 30.9 Å². The number of carbonyl (C=O) groups excluding carboxylic acids is 2. The van der Waals surface area contributed by atoms with Gasteiger partial charge in [-0.15, -0.1) is 4.48 Å². The van der Waals surface area contributed by atoms with Gasteiger partial charge in [-0.1, -0.05) is 30.3 Å². The lowest BCUT2D eigenvalue weighted by atomic mass is 10.2. The molecule has 8 nitrogen and oxygen atoms in total. The minimum Gasteiger partial charge on any atom is -0.415 e. The third-order valence-electron chi connectivity index (χ3n) is 4.41. The van der Waals surface area contributed by atoms with E-state index in [4.69, 9.17) is 13.7 Å². The van der Waals surface area contributed by atoms with Gasteiger partial charge in [-0.2, -0.15) is 18.0 Å². The van der Waals surface area contributed by atoms with E-state index in [2.05, 4.69) is 0 Å². The first-order valence-corrected chi connectivity index (χ1v) is 10.9. The number of amides is 2. The average Bonchev–Trinajstić information content (AvgIpc) is 2.87. The Bertz CT molecular complexity index is 816. The molecule has 1 fully saturated rings. The molecule has 0 radical (unpaired) electrons. The summed E-state index contributed by atoms with van der Waals surface area (Å²) in [7, 11) is -3.74. The van der Waals surface area contributed by atoms with Crippen LogP contribution in [0.25, 0.3) is 0 Å². The summed E-state index contributed by atoms with van der Waals surface area (Å²) in [4.78, 5) is 26.0. The molecule has 1 aromatic carbocycles. The van der Waals surface area contributed by atoms with Crippen LogP contribution >= 0.6 is 0 Å². The van der Waals surface area contributed by atoms with Crippen LogP contribution in [0, 0.1) is 0 Å². The minimum atomic E-state index is -3.74. The molecule has 1 heterocycles. The van der Waals surface area contributed by atoms with Crippen molar-refractivity contribution in [3.8, 4) is 0 Å². The van der Waals surface area contributed by atoms with Crippen LogP contribution in [0.1, 0.15) is 39.7 Å². The molecule has 0 saturated carbocycles. The molecular weight excluding hydrogens is 386 g/mol. The van der Waals surface area contributed by atoms with E-state index in [-0.39, 0.29) is 19.6 Å². The van der Waals surface area contributed by atoms with Gasteiger partial charge in [0.05, 0.1) is 6.26 Å². The van der Waals surface area contributed by atoms with Crippen molar-refractivity contribution in [1.82, 2.24) is 0 Å². The molecule has 1 saturated heterocycles. The van der Waals surface area contributed by atoms with Crippen molar-refractivity contribution in [1.29, 1.82) is 0 Å². The summed E-state index contributed by atoms with van der Waals surface area (Å²) in [5.74, 6) is 0. The third kappa shape index (κ3) is 5.52. The molecular formula is C19H28NO7S+. The molecule has 0 aromatic heterocycles. The maximum Gasteiger partial charge on any atom is 0.527 e. The summed E-state index contributed by atoms with van der Waals surface area (Å²) in [5.41, 5.74) is -0.0497. The molecule has 9 heteroatoms. The molecule has 28 heavy (non-hydrogen) atoms. The van der Waals surface area contributed by atoms with Crippen LogP contribution in [0.5, 0.6) is 0 Å². The Labute approximate surface area is 166 Å². The largest absolute Gasteiger partial charge is 0.527 e. The Morgan fingerprint density at radius 1 is 1.14 bits per heavy atom. The number of imide groups is 1. The van der Waals surface area contributed by atoms with Crippen molar-refractivity contribution in [2.45, 2.75) is 58.5 Å². The highest BCUT2D eigenvalue weighted by Gasteiger charge is 2.60. The van der Waals surface area contributed by atoms with Crippen LogP contribution in [0.2, 0.25) is 0 Å². The third-order valence-corrected chi connectivity index (χ3v) is 5.03. The van der Waals surface area contributed by atoms with Gasteiger partial charge in [0, 0.05) is 6.42 Å². The maximum atomic E-state index is 13.0. The number of hydrogen-bond donors (Lipinski definition) is 0. The lowest BCUT2D eigenvalue weighted by Gasteiger charge is -2.32. The van der Waals surface area contributed by atoms with E-state index in [1.165, 1.54) is 0 Å². The molecule has 156 valence electrons. The summed E-state index contributed by atoms with van der Waals surface area (Å²) in [6.07, 6.45) is -1.25. The van der Waals surface area contributed by atoms with E-state index < -0.39 is 44.5 Å². The fourth-order valence-corrected chi connectivity index (χ4v) is 3.85. The number of rotatable bonds is 4. The molecule has 0 spiro atoms. The van der Waals surface area contributed by atoms with Crippen molar-refractivity contribution < 1.29 is 36.1 Å². The standard InChI is InChI=1S/C19H28NO7S/c1-14-11-16(27-28(5,23)24)12-20(14,18(22)26-19(2,3)4)17(21)25-13-15-9-7-6-8-10-15/h6-10,14,16H,11-13H2,1-5H3/q+1/t14?,16-,20?/m0/s1. The Morgan fingerprint density at radius 3 is 2.29 bits per heavy atom. The number of carbonyl (C=O) groups is 2. The second-order valence-corrected chi connectivity index (χ2v) is 9.68. The van der Waals surface area contributed by atoms with Crippen LogP contribution in [-0.2, 0) is 30.4 Å². The molecule has 1 aliphatic heterocycles. The fourth-order valence-electron chi connectivity index (χ4n) is 3.21. The van der Waals surface area contributed by atoms with Gasteiger partial charge >= 0.3 is 12.2 Å². The second kappa shape index (κ2) is 8.18. The van der Waals surface area contributed by atoms with Crippen molar-refractivity contribution in [2.24, 2.45) is 0 Å². The van der Waals surface area contributed by atoms with E-state index in [0.29, 0.717) is 0 Å². The van der Waals surface area contributed by atoms with Crippen LogP contribution in [0.3, 0.4) is 0 Å². The molecule has 1 aromatic rings. The number of likely N-dealkylation sites (tertiary alicyclic amines) is 1. The molecule has 2 amide bonds. The van der Waals surface area contributed by atoms with Crippen molar-refractivity contribution >= 4 is 22.3 Å². The molecule has 3 atom stereocenters. The number of benzene rings is 1. The van der Waals surface area contributed by atoms with E-state index in [1.807, 2.05) is 18.2 Å². The molecule has 2 rings (SSSR count). The minimum absolute atomic E-state index is 0.00715. The lowest BCUT2D eigenvalue weighted by Crippen LogP contribution is -2.61. The monoisotopic (exact) mass is 414 g/mol. The van der Waals surface area contributed by atoms with E-state index >= 15 is 0 Å². The normalized spacial score (nSPS) is 25.3. The lowest BCUT2D eigenvalue weighted by molar-refractivity contribution is -0.798. The molecule has 0 N–H and O–H groups in total. The van der Waals surface area contributed by atoms with Crippen LogP contribution < -0.4 is 0 Å². The van der Waals surface area contributed by atoms with Crippen LogP contribution in [0.15, 0.2) is 30.3 Å². The maximum absolute atomic E-state index is 13.0. The Balaban J connectivity index is 2.28. The summed E-state index contributed by atoms with van der Waals surface area (Å²) >= 11 is 0. The number of nitrogens with zero attached hydrogens (tertiary/aromatic N) is 1. The van der Waals surface area contributed by atoms with Gasteiger partial charge in [0.15, 0.2) is 0 Å². The first kappa shape index (κ1) is 22.3. The van der Waals surface area contributed by atoms with Crippen LogP contribution in [0.4, 0.5) is 9.59 Å². The predicted octanol–water partition coefficient (Wildman–Crippen LogP) is 3.21. The van der Waals surface area contributed by atoms with Gasteiger partial charge in [-0.3, -0.25) is 4.18 Å². The number of ether oxygens (including phenoxy) is 2. The number of hydrogen-bond acceptors (Lipinski definition) is 7.